The van der Waals surface area contributed by atoms with Crippen molar-refractivity contribution in [3.8, 4) is 11.4 Å². The van der Waals surface area contributed by atoms with E-state index >= 15 is 0 Å². The number of carbonyl (C=O) groups is 1. The van der Waals surface area contributed by atoms with Crippen molar-refractivity contribution in [2.75, 3.05) is 5.75 Å². The van der Waals surface area contributed by atoms with E-state index in [4.69, 9.17) is 0 Å². The van der Waals surface area contributed by atoms with Gasteiger partial charge in [-0.2, -0.15) is 0 Å². The Morgan fingerprint density at radius 2 is 1.86 bits per heavy atom. The second kappa shape index (κ2) is 8.68. The third-order valence-electron chi connectivity index (χ3n) is 5.63. The summed E-state index contributed by atoms with van der Waals surface area (Å²) in [5, 5.41) is 12.6. The highest BCUT2D eigenvalue weighted by Gasteiger charge is 2.23. The minimum atomic E-state index is 0.0860. The summed E-state index contributed by atoms with van der Waals surface area (Å²) >= 11 is 1.45. The van der Waals surface area contributed by atoms with Crippen LogP contribution in [0.5, 0.6) is 0 Å². The molecule has 1 heterocycles. The van der Waals surface area contributed by atoms with E-state index in [1.54, 1.807) is 0 Å². The first kappa shape index (κ1) is 20.9. The van der Waals surface area contributed by atoms with Crippen LogP contribution in [0.2, 0.25) is 0 Å². The molecule has 152 valence electrons. The maximum absolute atomic E-state index is 12.4. The molecule has 0 unspecified atom stereocenters. The van der Waals surface area contributed by atoms with Crippen LogP contribution >= 0.6 is 11.8 Å². The third kappa shape index (κ3) is 4.96. The second-order valence-electron chi connectivity index (χ2n) is 8.92. The number of nitrogens with zero attached hydrogens (tertiary/aromatic N) is 3. The highest BCUT2D eigenvalue weighted by molar-refractivity contribution is 7.99. The van der Waals surface area contributed by atoms with Crippen molar-refractivity contribution >= 4 is 17.7 Å². The lowest BCUT2D eigenvalue weighted by molar-refractivity contribution is -0.119. The van der Waals surface area contributed by atoms with Crippen LogP contribution in [-0.2, 0) is 17.3 Å². The number of amides is 1. The van der Waals surface area contributed by atoms with Crippen molar-refractivity contribution in [1.82, 2.24) is 20.1 Å². The van der Waals surface area contributed by atoms with Crippen molar-refractivity contribution in [2.24, 2.45) is 13.0 Å². The zero-order chi connectivity index (χ0) is 20.3. The predicted octanol–water partition coefficient (Wildman–Crippen LogP) is 4.57. The van der Waals surface area contributed by atoms with Crippen LogP contribution in [0.4, 0.5) is 0 Å². The fraction of sp³-hybridized carbons (Fsp3) is 0.591. The second-order valence-corrected chi connectivity index (χ2v) is 9.86. The van der Waals surface area contributed by atoms with Gasteiger partial charge in [0.15, 0.2) is 11.0 Å². The summed E-state index contributed by atoms with van der Waals surface area (Å²) in [5.41, 5.74) is 2.46. The van der Waals surface area contributed by atoms with E-state index in [9.17, 15) is 4.79 Å². The summed E-state index contributed by atoms with van der Waals surface area (Å²) in [6.07, 6.45) is 4.79. The smallest absolute Gasteiger partial charge is 0.230 e. The molecule has 1 amide bonds. The molecule has 1 aliphatic carbocycles. The number of aromatic nitrogens is 3. The highest BCUT2D eigenvalue weighted by atomic mass is 32.2. The standard InChI is InChI=1S/C22H32N4OS/c1-15-8-6-7-9-18(15)23-19(27)14-28-21-25-24-20(26(21)5)16-10-12-17(13-11-16)22(2,3)4/h10-13,15,18H,6-9,14H2,1-5H3,(H,23,27)/t15-,18-/m1/s1. The molecule has 0 radical (unpaired) electrons. The van der Waals surface area contributed by atoms with Crippen LogP contribution in [0.25, 0.3) is 11.4 Å². The van der Waals surface area contributed by atoms with Gasteiger partial charge in [-0.3, -0.25) is 4.79 Å². The monoisotopic (exact) mass is 400 g/mol. The molecule has 28 heavy (non-hydrogen) atoms. The van der Waals surface area contributed by atoms with Gasteiger partial charge in [0.1, 0.15) is 0 Å². The molecule has 1 aromatic heterocycles. The van der Waals surface area contributed by atoms with Crippen LogP contribution in [0.1, 0.15) is 58.9 Å². The topological polar surface area (TPSA) is 59.8 Å². The number of rotatable bonds is 5. The van der Waals surface area contributed by atoms with Gasteiger partial charge in [0.25, 0.3) is 0 Å². The van der Waals surface area contributed by atoms with Crippen molar-refractivity contribution < 1.29 is 4.79 Å². The van der Waals surface area contributed by atoms with Gasteiger partial charge in [0, 0.05) is 18.7 Å². The minimum Gasteiger partial charge on any atom is -0.352 e. The Labute approximate surface area is 172 Å². The molecular formula is C22H32N4OS. The molecule has 1 fully saturated rings. The number of thioether (sulfide) groups is 1. The molecule has 1 saturated carbocycles. The van der Waals surface area contributed by atoms with Crippen LogP contribution in [0.3, 0.4) is 0 Å². The molecular weight excluding hydrogens is 368 g/mol. The van der Waals surface area contributed by atoms with E-state index in [0.717, 1.165) is 23.0 Å². The van der Waals surface area contributed by atoms with E-state index in [1.807, 2.05) is 11.6 Å². The number of carbonyl (C=O) groups excluding carboxylic acids is 1. The Morgan fingerprint density at radius 3 is 2.50 bits per heavy atom. The Kier molecular flexibility index (Phi) is 6.48. The first-order valence-corrected chi connectivity index (χ1v) is 11.2. The van der Waals surface area contributed by atoms with E-state index in [2.05, 4.69) is 67.5 Å². The maximum atomic E-state index is 12.4. The normalized spacial score (nSPS) is 20.2. The van der Waals surface area contributed by atoms with Crippen molar-refractivity contribution in [3.63, 3.8) is 0 Å². The first-order chi connectivity index (χ1) is 13.3. The quantitative estimate of drug-likeness (QED) is 0.747. The highest BCUT2D eigenvalue weighted by Crippen LogP contribution is 2.27. The Bertz CT molecular complexity index is 807. The number of hydrogen-bond acceptors (Lipinski definition) is 4. The molecule has 2 aromatic rings. The lowest BCUT2D eigenvalue weighted by Crippen LogP contribution is -2.41. The zero-order valence-electron chi connectivity index (χ0n) is 17.7. The summed E-state index contributed by atoms with van der Waals surface area (Å²) in [4.78, 5) is 12.4. The van der Waals surface area contributed by atoms with E-state index in [0.29, 0.717) is 17.7 Å². The van der Waals surface area contributed by atoms with E-state index in [-0.39, 0.29) is 11.3 Å². The molecule has 1 aliphatic rings. The zero-order valence-corrected chi connectivity index (χ0v) is 18.5. The summed E-state index contributed by atoms with van der Waals surface area (Å²) in [7, 11) is 1.95. The number of hydrogen-bond donors (Lipinski definition) is 1. The fourth-order valence-electron chi connectivity index (χ4n) is 3.72. The summed E-state index contributed by atoms with van der Waals surface area (Å²) in [6.45, 7) is 8.85. The Hall–Kier alpha value is -1.82. The van der Waals surface area contributed by atoms with E-state index in [1.165, 1.54) is 36.6 Å². The molecule has 1 aromatic carbocycles. The van der Waals surface area contributed by atoms with Gasteiger partial charge in [0.2, 0.25) is 5.91 Å². The van der Waals surface area contributed by atoms with Gasteiger partial charge in [-0.1, -0.05) is 76.6 Å². The maximum Gasteiger partial charge on any atom is 0.230 e. The Morgan fingerprint density at radius 1 is 1.18 bits per heavy atom. The summed E-state index contributed by atoms with van der Waals surface area (Å²) < 4.78 is 1.97. The summed E-state index contributed by atoms with van der Waals surface area (Å²) in [6, 6.07) is 8.80. The molecule has 2 atom stereocenters. The molecule has 0 saturated heterocycles. The Balaban J connectivity index is 1.61. The molecule has 1 N–H and O–H groups in total. The van der Waals surface area contributed by atoms with Crippen molar-refractivity contribution in [1.29, 1.82) is 0 Å². The fourth-order valence-corrected chi connectivity index (χ4v) is 4.44. The van der Waals surface area contributed by atoms with Gasteiger partial charge in [-0.15, -0.1) is 10.2 Å². The molecule has 0 spiro atoms. The van der Waals surface area contributed by atoms with E-state index < -0.39 is 0 Å². The van der Waals surface area contributed by atoms with Gasteiger partial charge >= 0.3 is 0 Å². The average molecular weight is 401 g/mol. The van der Waals surface area contributed by atoms with Gasteiger partial charge in [-0.05, 0) is 29.7 Å². The number of benzene rings is 1. The lowest BCUT2D eigenvalue weighted by atomic mass is 9.86. The van der Waals surface area contributed by atoms with Crippen LogP contribution < -0.4 is 5.32 Å². The van der Waals surface area contributed by atoms with Crippen molar-refractivity contribution in [3.05, 3.63) is 29.8 Å². The molecule has 0 aliphatic heterocycles. The summed E-state index contributed by atoms with van der Waals surface area (Å²) in [5.74, 6) is 1.85. The molecule has 6 heteroatoms. The van der Waals surface area contributed by atoms with Gasteiger partial charge in [0.05, 0.1) is 5.75 Å². The number of nitrogens with one attached hydrogen (secondary N) is 1. The minimum absolute atomic E-state index is 0.0860. The molecule has 5 nitrogen and oxygen atoms in total. The predicted molar refractivity (Wildman–Crippen MR) is 115 cm³/mol. The molecule has 0 bridgehead atoms. The SMILES string of the molecule is C[C@@H]1CCCC[C@H]1NC(=O)CSc1nnc(-c2ccc(C(C)(C)C)cc2)n1C. The average Bonchev–Trinajstić information content (AvgIpc) is 3.02. The largest absolute Gasteiger partial charge is 0.352 e. The van der Waals surface area contributed by atoms with Crippen LogP contribution in [0.15, 0.2) is 29.4 Å². The third-order valence-corrected chi connectivity index (χ3v) is 6.65. The van der Waals surface area contributed by atoms with Crippen molar-refractivity contribution in [2.45, 2.75) is 70.0 Å². The van der Waals surface area contributed by atoms with Crippen LogP contribution in [0, 0.1) is 5.92 Å². The van der Waals surface area contributed by atoms with Gasteiger partial charge < -0.3 is 9.88 Å². The van der Waals surface area contributed by atoms with Gasteiger partial charge in [-0.25, -0.2) is 0 Å². The van der Waals surface area contributed by atoms with Crippen LogP contribution in [-0.4, -0.2) is 32.5 Å². The lowest BCUT2D eigenvalue weighted by Gasteiger charge is -2.29. The first-order valence-electron chi connectivity index (χ1n) is 10.2. The molecule has 3 rings (SSSR count).